The first kappa shape index (κ1) is 15.6. The molecule has 0 aliphatic heterocycles. The molecule has 120 valence electrons. The Balaban J connectivity index is 1.74. The summed E-state index contributed by atoms with van der Waals surface area (Å²) in [5.74, 6) is 1.43. The monoisotopic (exact) mass is 310 g/mol. The van der Waals surface area contributed by atoms with E-state index in [4.69, 9.17) is 10.5 Å². The molecule has 0 aromatic heterocycles. The molecule has 0 radical (unpaired) electrons. The van der Waals surface area contributed by atoms with Crippen LogP contribution in [-0.4, -0.2) is 11.9 Å². The average Bonchev–Trinajstić information content (AvgIpc) is 2.96. The summed E-state index contributed by atoms with van der Waals surface area (Å²) in [6, 6.07) is 15.5. The van der Waals surface area contributed by atoms with Gasteiger partial charge >= 0.3 is 0 Å². The van der Waals surface area contributed by atoms with Crippen molar-refractivity contribution in [2.45, 2.75) is 32.2 Å². The van der Waals surface area contributed by atoms with E-state index in [-0.39, 0.29) is 17.9 Å². The van der Waals surface area contributed by atoms with E-state index in [1.165, 1.54) is 0 Å². The molecule has 0 saturated heterocycles. The van der Waals surface area contributed by atoms with Gasteiger partial charge in [-0.1, -0.05) is 24.3 Å². The van der Waals surface area contributed by atoms with Crippen LogP contribution in [0.15, 0.2) is 48.5 Å². The van der Waals surface area contributed by atoms with Crippen LogP contribution in [0.1, 0.15) is 24.8 Å². The third-order valence-corrected chi connectivity index (χ3v) is 4.21. The topological polar surface area (TPSA) is 64.3 Å². The number of nitrogens with one attached hydrogen (secondary N) is 1. The lowest BCUT2D eigenvalue weighted by Gasteiger charge is -2.15. The number of carbonyl (C=O) groups is 1. The van der Waals surface area contributed by atoms with Gasteiger partial charge in [0.05, 0.1) is 5.69 Å². The highest BCUT2D eigenvalue weighted by molar-refractivity contribution is 5.94. The lowest BCUT2D eigenvalue weighted by molar-refractivity contribution is -0.119. The fourth-order valence-corrected chi connectivity index (χ4v) is 2.95. The first-order valence-corrected chi connectivity index (χ1v) is 8.02. The molecule has 1 aliphatic rings. The zero-order valence-corrected chi connectivity index (χ0v) is 13.3. The number of ether oxygens (including phenoxy) is 1. The highest BCUT2D eigenvalue weighted by Crippen LogP contribution is 2.31. The van der Waals surface area contributed by atoms with Gasteiger partial charge in [-0.3, -0.25) is 4.79 Å². The second kappa shape index (κ2) is 6.84. The van der Waals surface area contributed by atoms with E-state index >= 15 is 0 Å². The van der Waals surface area contributed by atoms with Crippen LogP contribution >= 0.6 is 0 Å². The van der Waals surface area contributed by atoms with Gasteiger partial charge < -0.3 is 15.8 Å². The number of rotatable bonds is 4. The van der Waals surface area contributed by atoms with Gasteiger partial charge in [-0.25, -0.2) is 0 Å². The van der Waals surface area contributed by atoms with E-state index in [1.807, 2.05) is 55.5 Å². The number of benzene rings is 2. The summed E-state index contributed by atoms with van der Waals surface area (Å²) in [5, 5.41) is 2.99. The summed E-state index contributed by atoms with van der Waals surface area (Å²) < 4.78 is 5.94. The minimum Gasteiger partial charge on any atom is -0.455 e. The molecule has 2 aromatic carbocycles. The molecule has 0 bridgehead atoms. The van der Waals surface area contributed by atoms with Crippen LogP contribution in [0.2, 0.25) is 0 Å². The summed E-state index contributed by atoms with van der Waals surface area (Å²) in [5.41, 5.74) is 7.72. The van der Waals surface area contributed by atoms with Crippen molar-refractivity contribution in [1.29, 1.82) is 0 Å². The van der Waals surface area contributed by atoms with Crippen LogP contribution in [-0.2, 0) is 4.79 Å². The third kappa shape index (κ3) is 3.90. The number of amides is 1. The van der Waals surface area contributed by atoms with Crippen LogP contribution in [0.25, 0.3) is 0 Å². The van der Waals surface area contributed by atoms with Crippen molar-refractivity contribution in [1.82, 2.24) is 0 Å². The number of para-hydroxylation sites is 2. The van der Waals surface area contributed by atoms with E-state index < -0.39 is 0 Å². The number of anilines is 1. The molecule has 1 fully saturated rings. The molecular formula is C19H22N2O2. The molecular weight excluding hydrogens is 288 g/mol. The van der Waals surface area contributed by atoms with Crippen molar-refractivity contribution in [2.75, 3.05) is 5.32 Å². The number of hydrogen-bond donors (Lipinski definition) is 2. The molecule has 2 unspecified atom stereocenters. The first-order chi connectivity index (χ1) is 11.1. The minimum absolute atomic E-state index is 0.00275. The maximum atomic E-state index is 12.4. The SMILES string of the molecule is Cc1cccc(Oc2ccccc2NC(=O)C2CCC(N)C2)c1. The summed E-state index contributed by atoms with van der Waals surface area (Å²) >= 11 is 0. The molecule has 2 aromatic rings. The van der Waals surface area contributed by atoms with Gasteiger partial charge in [-0.15, -0.1) is 0 Å². The van der Waals surface area contributed by atoms with E-state index in [0.717, 1.165) is 30.6 Å². The average molecular weight is 310 g/mol. The molecule has 0 spiro atoms. The minimum atomic E-state index is -0.00275. The van der Waals surface area contributed by atoms with Gasteiger partial charge in [-0.05, 0) is 56.0 Å². The lowest BCUT2D eigenvalue weighted by atomic mass is 10.1. The summed E-state index contributed by atoms with van der Waals surface area (Å²) in [6.45, 7) is 2.02. The molecule has 1 amide bonds. The van der Waals surface area contributed by atoms with Gasteiger partial charge in [0.25, 0.3) is 0 Å². The van der Waals surface area contributed by atoms with Gasteiger partial charge in [0, 0.05) is 12.0 Å². The first-order valence-electron chi connectivity index (χ1n) is 8.02. The van der Waals surface area contributed by atoms with Crippen molar-refractivity contribution < 1.29 is 9.53 Å². The highest BCUT2D eigenvalue weighted by Gasteiger charge is 2.28. The second-order valence-corrected chi connectivity index (χ2v) is 6.17. The molecule has 4 nitrogen and oxygen atoms in total. The quantitative estimate of drug-likeness (QED) is 0.901. The van der Waals surface area contributed by atoms with Gasteiger partial charge in [0.15, 0.2) is 5.75 Å². The van der Waals surface area contributed by atoms with Crippen LogP contribution < -0.4 is 15.8 Å². The maximum absolute atomic E-state index is 12.4. The predicted octanol–water partition coefficient (Wildman–Crippen LogP) is 3.85. The molecule has 3 N–H and O–H groups in total. The molecule has 23 heavy (non-hydrogen) atoms. The normalized spacial score (nSPS) is 20.3. The Morgan fingerprint density at radius 3 is 2.74 bits per heavy atom. The highest BCUT2D eigenvalue weighted by atomic mass is 16.5. The Labute approximate surface area is 136 Å². The molecule has 2 atom stereocenters. The number of hydrogen-bond acceptors (Lipinski definition) is 3. The van der Waals surface area contributed by atoms with Crippen LogP contribution in [0.3, 0.4) is 0 Å². The van der Waals surface area contributed by atoms with E-state index in [1.54, 1.807) is 0 Å². The Morgan fingerprint density at radius 1 is 1.17 bits per heavy atom. The van der Waals surface area contributed by atoms with Crippen LogP contribution in [0, 0.1) is 12.8 Å². The summed E-state index contributed by atoms with van der Waals surface area (Å²) in [4.78, 5) is 12.4. The molecule has 3 rings (SSSR count). The molecule has 0 heterocycles. The second-order valence-electron chi connectivity index (χ2n) is 6.17. The number of aryl methyl sites for hydroxylation is 1. The molecule has 1 saturated carbocycles. The largest absolute Gasteiger partial charge is 0.455 e. The Kier molecular flexibility index (Phi) is 4.63. The van der Waals surface area contributed by atoms with Gasteiger partial charge in [-0.2, -0.15) is 0 Å². The van der Waals surface area contributed by atoms with Crippen molar-refractivity contribution >= 4 is 11.6 Å². The number of nitrogens with two attached hydrogens (primary N) is 1. The van der Waals surface area contributed by atoms with Gasteiger partial charge in [0.1, 0.15) is 5.75 Å². The van der Waals surface area contributed by atoms with E-state index in [0.29, 0.717) is 11.4 Å². The Morgan fingerprint density at radius 2 is 2.00 bits per heavy atom. The maximum Gasteiger partial charge on any atom is 0.227 e. The fourth-order valence-electron chi connectivity index (χ4n) is 2.95. The van der Waals surface area contributed by atoms with Crippen molar-refractivity contribution in [2.24, 2.45) is 11.7 Å². The zero-order valence-electron chi connectivity index (χ0n) is 13.3. The van der Waals surface area contributed by atoms with E-state index in [9.17, 15) is 4.79 Å². The van der Waals surface area contributed by atoms with Crippen LogP contribution in [0.5, 0.6) is 11.5 Å². The molecule has 1 aliphatic carbocycles. The van der Waals surface area contributed by atoms with Crippen molar-refractivity contribution in [3.05, 3.63) is 54.1 Å². The standard InChI is InChI=1S/C19H22N2O2/c1-13-5-4-6-16(11-13)23-18-8-3-2-7-17(18)21-19(22)14-9-10-15(20)12-14/h2-8,11,14-15H,9-10,12,20H2,1H3,(H,21,22). The van der Waals surface area contributed by atoms with Crippen molar-refractivity contribution in [3.8, 4) is 11.5 Å². The smallest absolute Gasteiger partial charge is 0.227 e. The lowest BCUT2D eigenvalue weighted by Crippen LogP contribution is -2.23. The third-order valence-electron chi connectivity index (χ3n) is 4.21. The van der Waals surface area contributed by atoms with E-state index in [2.05, 4.69) is 5.32 Å². The number of carbonyl (C=O) groups excluding carboxylic acids is 1. The van der Waals surface area contributed by atoms with Crippen LogP contribution in [0.4, 0.5) is 5.69 Å². The van der Waals surface area contributed by atoms with Gasteiger partial charge in [0.2, 0.25) is 5.91 Å². The predicted molar refractivity (Wildman–Crippen MR) is 91.6 cm³/mol. The molecule has 4 heteroatoms. The zero-order chi connectivity index (χ0) is 16.2. The Hall–Kier alpha value is -2.33. The van der Waals surface area contributed by atoms with Crippen molar-refractivity contribution in [3.63, 3.8) is 0 Å². The fraction of sp³-hybridized carbons (Fsp3) is 0.316. The summed E-state index contributed by atoms with van der Waals surface area (Å²) in [6.07, 6.45) is 2.53. The summed E-state index contributed by atoms with van der Waals surface area (Å²) in [7, 11) is 0. The Bertz CT molecular complexity index is 699.